The molecular weight excluding hydrogens is 474 g/mol. The maximum atomic E-state index is 12.6. The number of rotatable bonds is 6. The lowest BCUT2D eigenvalue weighted by Gasteiger charge is -2.58. The van der Waals surface area contributed by atoms with Crippen LogP contribution in [0.1, 0.15) is 86.0 Å². The SMILES string of the molecule is CNCC(C)(C)CN(C)C(=O)O/N=C(\C)[C@H]1CCC2[C@@H]3CCC4=CC(=O)CC[C@]4(C)[C@H]3CC[C@@]21C.Cl. The van der Waals surface area contributed by atoms with Gasteiger partial charge in [-0.05, 0) is 99.0 Å². The second kappa shape index (κ2) is 10.8. The number of hydrogen-bond donors (Lipinski definition) is 1. The van der Waals surface area contributed by atoms with Crippen LogP contribution >= 0.6 is 12.4 Å². The second-order valence-electron chi connectivity index (χ2n) is 13.3. The summed E-state index contributed by atoms with van der Waals surface area (Å²) in [5.41, 5.74) is 2.78. The van der Waals surface area contributed by atoms with Gasteiger partial charge in [0, 0.05) is 32.5 Å². The number of nitrogens with zero attached hydrogens (tertiary/aromatic N) is 2. The van der Waals surface area contributed by atoms with Crippen molar-refractivity contribution in [2.45, 2.75) is 86.0 Å². The summed E-state index contributed by atoms with van der Waals surface area (Å²) in [6, 6.07) is 0. The van der Waals surface area contributed by atoms with Crippen LogP contribution in [0.15, 0.2) is 16.8 Å². The summed E-state index contributed by atoms with van der Waals surface area (Å²) in [6.07, 6.45) is 10.4. The van der Waals surface area contributed by atoms with Gasteiger partial charge in [0.15, 0.2) is 5.78 Å². The lowest BCUT2D eigenvalue weighted by Crippen LogP contribution is -2.51. The first kappa shape index (κ1) is 29.2. The average molecular weight is 522 g/mol. The molecule has 4 aliphatic carbocycles. The van der Waals surface area contributed by atoms with Crippen molar-refractivity contribution < 1.29 is 14.4 Å². The average Bonchev–Trinajstić information content (AvgIpc) is 3.14. The van der Waals surface area contributed by atoms with E-state index in [0.717, 1.165) is 37.4 Å². The number of amides is 1. The Hall–Kier alpha value is -1.40. The fourth-order valence-electron chi connectivity index (χ4n) is 8.73. The number of carbonyl (C=O) groups is 2. The molecule has 0 aliphatic heterocycles. The largest absolute Gasteiger partial charge is 0.435 e. The predicted octanol–water partition coefficient (Wildman–Crippen LogP) is 6.25. The van der Waals surface area contributed by atoms with Crippen molar-refractivity contribution in [3.05, 3.63) is 11.6 Å². The minimum Gasteiger partial charge on any atom is -0.319 e. The second-order valence-corrected chi connectivity index (χ2v) is 13.3. The van der Waals surface area contributed by atoms with Crippen molar-refractivity contribution in [3.8, 4) is 0 Å². The van der Waals surface area contributed by atoms with Crippen molar-refractivity contribution in [1.29, 1.82) is 0 Å². The van der Waals surface area contributed by atoms with Crippen molar-refractivity contribution in [3.63, 3.8) is 0 Å². The Morgan fingerprint density at radius 2 is 1.89 bits per heavy atom. The van der Waals surface area contributed by atoms with Crippen LogP contribution in [0.3, 0.4) is 0 Å². The van der Waals surface area contributed by atoms with Crippen molar-refractivity contribution in [1.82, 2.24) is 10.2 Å². The number of oxime groups is 1. The number of halogens is 1. The zero-order chi connectivity index (χ0) is 25.6. The molecular formula is C29H48ClN3O3. The highest BCUT2D eigenvalue weighted by molar-refractivity contribution is 5.91. The van der Waals surface area contributed by atoms with E-state index in [9.17, 15) is 9.59 Å². The molecule has 0 spiro atoms. The lowest BCUT2D eigenvalue weighted by molar-refractivity contribution is -0.117. The number of carbonyl (C=O) groups excluding carboxylic acids is 2. The number of nitrogens with one attached hydrogen (secondary N) is 1. The van der Waals surface area contributed by atoms with Crippen LogP contribution in [-0.2, 0) is 9.63 Å². The van der Waals surface area contributed by atoms with E-state index in [2.05, 4.69) is 45.1 Å². The van der Waals surface area contributed by atoms with E-state index in [0.29, 0.717) is 36.5 Å². The topological polar surface area (TPSA) is 71.0 Å². The molecule has 0 bridgehead atoms. The minimum absolute atomic E-state index is 0. The maximum absolute atomic E-state index is 12.6. The van der Waals surface area contributed by atoms with E-state index in [-0.39, 0.29) is 34.7 Å². The van der Waals surface area contributed by atoms with Crippen LogP contribution in [0.5, 0.6) is 0 Å². The van der Waals surface area contributed by atoms with Gasteiger partial charge >= 0.3 is 6.09 Å². The summed E-state index contributed by atoms with van der Waals surface area (Å²) < 4.78 is 0. The van der Waals surface area contributed by atoms with Gasteiger partial charge < -0.3 is 10.2 Å². The van der Waals surface area contributed by atoms with Gasteiger partial charge in [0.25, 0.3) is 0 Å². The molecule has 0 aromatic rings. The predicted molar refractivity (Wildman–Crippen MR) is 147 cm³/mol. The Bertz CT molecular complexity index is 915. The van der Waals surface area contributed by atoms with Crippen LogP contribution in [-0.4, -0.2) is 49.7 Å². The standard InChI is InChI=1S/C29H47N3O3.ClH/c1-19(31-35-26(34)32(7)18-27(2,3)17-30-6)23-10-11-24-22-9-8-20-16-21(33)12-14-28(20,4)25(22)13-15-29(23,24)5;/h16,22-25,30H,8-15,17-18H2,1-7H3;1H/b31-19+;/t22-,23+,24?,25-,28-,29+;/m0./s1. The molecule has 0 saturated heterocycles. The van der Waals surface area contributed by atoms with Gasteiger partial charge in [0.1, 0.15) is 0 Å². The quantitative estimate of drug-likeness (QED) is 0.255. The molecule has 7 heteroatoms. The molecule has 4 rings (SSSR count). The molecule has 1 N–H and O–H groups in total. The Balaban J connectivity index is 0.00000361. The van der Waals surface area contributed by atoms with Crippen LogP contribution in [0.4, 0.5) is 4.79 Å². The molecule has 6 nitrogen and oxygen atoms in total. The van der Waals surface area contributed by atoms with Crippen molar-refractivity contribution in [2.24, 2.45) is 45.1 Å². The van der Waals surface area contributed by atoms with Crippen LogP contribution in [0.25, 0.3) is 0 Å². The number of allylic oxidation sites excluding steroid dienone is 1. The molecule has 4 aliphatic rings. The molecule has 0 radical (unpaired) electrons. The van der Waals surface area contributed by atoms with E-state index < -0.39 is 0 Å². The first-order valence-electron chi connectivity index (χ1n) is 13.8. The third-order valence-electron chi connectivity index (χ3n) is 10.4. The highest BCUT2D eigenvalue weighted by atomic mass is 35.5. The van der Waals surface area contributed by atoms with E-state index in [1.165, 1.54) is 31.3 Å². The molecule has 204 valence electrons. The summed E-state index contributed by atoms with van der Waals surface area (Å²) in [5.74, 6) is 2.80. The molecule has 0 aromatic carbocycles. The summed E-state index contributed by atoms with van der Waals surface area (Å²) >= 11 is 0. The molecule has 1 unspecified atom stereocenters. The Kier molecular flexibility index (Phi) is 8.72. The van der Waals surface area contributed by atoms with E-state index in [1.807, 2.05) is 13.1 Å². The van der Waals surface area contributed by atoms with Crippen LogP contribution in [0, 0.1) is 39.9 Å². The fraction of sp³-hybridized carbons (Fsp3) is 0.828. The maximum Gasteiger partial charge on any atom is 0.435 e. The summed E-state index contributed by atoms with van der Waals surface area (Å²) in [6.45, 7) is 12.7. The summed E-state index contributed by atoms with van der Waals surface area (Å²) in [5, 5.41) is 7.58. The highest BCUT2D eigenvalue weighted by Crippen LogP contribution is 2.66. The first-order chi connectivity index (χ1) is 16.4. The normalized spacial score (nSPS) is 36.1. The molecule has 1 amide bonds. The Morgan fingerprint density at radius 1 is 1.17 bits per heavy atom. The fourth-order valence-corrected chi connectivity index (χ4v) is 8.73. The third kappa shape index (κ3) is 5.27. The van der Waals surface area contributed by atoms with Gasteiger partial charge in [0.05, 0.1) is 5.71 Å². The van der Waals surface area contributed by atoms with Crippen LogP contribution < -0.4 is 5.32 Å². The Labute approximate surface area is 224 Å². The van der Waals surface area contributed by atoms with E-state index in [1.54, 1.807) is 11.9 Å². The first-order valence-corrected chi connectivity index (χ1v) is 13.8. The number of ketones is 1. The zero-order valence-corrected chi connectivity index (χ0v) is 24.3. The van der Waals surface area contributed by atoms with Gasteiger partial charge in [-0.25, -0.2) is 4.79 Å². The van der Waals surface area contributed by atoms with Crippen LogP contribution in [0.2, 0.25) is 0 Å². The zero-order valence-electron chi connectivity index (χ0n) is 23.5. The molecule has 3 saturated carbocycles. The molecule has 0 heterocycles. The van der Waals surface area contributed by atoms with Gasteiger partial charge in [-0.15, -0.1) is 12.4 Å². The number of hydrogen-bond acceptors (Lipinski definition) is 5. The lowest BCUT2D eigenvalue weighted by atomic mass is 9.46. The highest BCUT2D eigenvalue weighted by Gasteiger charge is 2.59. The van der Waals surface area contributed by atoms with E-state index >= 15 is 0 Å². The van der Waals surface area contributed by atoms with Crippen molar-refractivity contribution >= 4 is 30.0 Å². The van der Waals surface area contributed by atoms with Gasteiger partial charge in [-0.1, -0.05) is 38.4 Å². The third-order valence-corrected chi connectivity index (χ3v) is 10.4. The van der Waals surface area contributed by atoms with Gasteiger partial charge in [-0.2, -0.15) is 0 Å². The number of fused-ring (bicyclic) bond motifs is 5. The summed E-state index contributed by atoms with van der Waals surface area (Å²) in [4.78, 5) is 31.8. The summed E-state index contributed by atoms with van der Waals surface area (Å²) in [7, 11) is 3.71. The monoisotopic (exact) mass is 521 g/mol. The molecule has 6 atom stereocenters. The van der Waals surface area contributed by atoms with E-state index in [4.69, 9.17) is 4.84 Å². The Morgan fingerprint density at radius 3 is 2.58 bits per heavy atom. The molecule has 3 fully saturated rings. The van der Waals surface area contributed by atoms with Gasteiger partial charge in [-0.3, -0.25) is 9.63 Å². The van der Waals surface area contributed by atoms with Crippen molar-refractivity contribution in [2.75, 3.05) is 27.2 Å². The molecule has 0 aromatic heterocycles. The smallest absolute Gasteiger partial charge is 0.319 e. The minimum atomic E-state index is -0.386. The molecule has 36 heavy (non-hydrogen) atoms. The van der Waals surface area contributed by atoms with Gasteiger partial charge in [0.2, 0.25) is 0 Å².